The Kier molecular flexibility index (Phi) is 4.79. The van der Waals surface area contributed by atoms with Crippen molar-refractivity contribution < 1.29 is 9.59 Å². The molecule has 4 aromatic rings. The second-order valence-corrected chi connectivity index (χ2v) is 6.09. The van der Waals surface area contributed by atoms with Crippen molar-refractivity contribution in [3.8, 4) is 0 Å². The predicted molar refractivity (Wildman–Crippen MR) is 105 cm³/mol. The van der Waals surface area contributed by atoms with E-state index in [0.717, 1.165) is 0 Å². The van der Waals surface area contributed by atoms with Gasteiger partial charge in [-0.3, -0.25) is 14.0 Å². The molecule has 0 atom stereocenters. The normalized spacial score (nSPS) is 10.6. The summed E-state index contributed by atoms with van der Waals surface area (Å²) >= 11 is 0. The quantitative estimate of drug-likeness (QED) is 0.565. The van der Waals surface area contributed by atoms with Gasteiger partial charge >= 0.3 is 0 Å². The molecular formula is C21H17N5O2. The predicted octanol–water partition coefficient (Wildman–Crippen LogP) is 2.91. The Morgan fingerprint density at radius 1 is 0.821 bits per heavy atom. The van der Waals surface area contributed by atoms with E-state index in [9.17, 15) is 9.59 Å². The number of nitrogens with zero attached hydrogens (tertiary/aromatic N) is 3. The smallest absolute Gasteiger partial charge is 0.255 e. The van der Waals surface area contributed by atoms with Crippen LogP contribution in [0.4, 0.5) is 5.69 Å². The minimum atomic E-state index is -0.309. The van der Waals surface area contributed by atoms with Gasteiger partial charge in [-0.25, -0.2) is 0 Å². The average Bonchev–Trinajstić information content (AvgIpc) is 3.16. The molecule has 0 unspecified atom stereocenters. The number of fused-ring (bicyclic) bond motifs is 1. The van der Waals surface area contributed by atoms with E-state index in [1.807, 2.05) is 34.9 Å². The Labute approximate surface area is 161 Å². The maximum atomic E-state index is 12.7. The van der Waals surface area contributed by atoms with Crippen LogP contribution in [0, 0.1) is 0 Å². The lowest BCUT2D eigenvalue weighted by Crippen LogP contribution is -2.25. The number of benzene rings is 2. The molecule has 4 rings (SSSR count). The fourth-order valence-electron chi connectivity index (χ4n) is 2.84. The van der Waals surface area contributed by atoms with E-state index in [4.69, 9.17) is 0 Å². The van der Waals surface area contributed by atoms with Crippen LogP contribution in [0.25, 0.3) is 5.65 Å². The zero-order valence-electron chi connectivity index (χ0n) is 14.9. The highest BCUT2D eigenvalue weighted by molar-refractivity contribution is 6.08. The third kappa shape index (κ3) is 3.59. The molecule has 0 spiro atoms. The minimum absolute atomic E-state index is 0.213. The van der Waals surface area contributed by atoms with Gasteiger partial charge in [0.15, 0.2) is 11.5 Å². The minimum Gasteiger partial charge on any atom is -0.345 e. The lowest BCUT2D eigenvalue weighted by atomic mass is 10.1. The van der Waals surface area contributed by atoms with Gasteiger partial charge in [0.1, 0.15) is 0 Å². The van der Waals surface area contributed by atoms with Crippen molar-refractivity contribution in [1.82, 2.24) is 19.9 Å². The van der Waals surface area contributed by atoms with E-state index in [1.54, 1.807) is 48.5 Å². The second kappa shape index (κ2) is 7.71. The molecule has 138 valence electrons. The molecule has 2 heterocycles. The number of amides is 2. The molecule has 0 aliphatic carbocycles. The summed E-state index contributed by atoms with van der Waals surface area (Å²) in [6.07, 6.45) is 1.84. The van der Waals surface area contributed by atoms with E-state index in [2.05, 4.69) is 20.8 Å². The molecule has 2 aromatic heterocycles. The van der Waals surface area contributed by atoms with Crippen molar-refractivity contribution in [2.75, 3.05) is 5.32 Å². The van der Waals surface area contributed by atoms with Gasteiger partial charge in [-0.1, -0.05) is 36.4 Å². The zero-order chi connectivity index (χ0) is 19.3. The number of carbonyl (C=O) groups excluding carboxylic acids is 2. The largest absolute Gasteiger partial charge is 0.345 e. The first-order valence-electron chi connectivity index (χ1n) is 8.74. The summed E-state index contributed by atoms with van der Waals surface area (Å²) in [4.78, 5) is 25.1. The molecule has 0 saturated carbocycles. The van der Waals surface area contributed by atoms with Gasteiger partial charge in [-0.15, -0.1) is 10.2 Å². The molecular weight excluding hydrogens is 354 g/mol. The fraction of sp³-hybridized carbons (Fsp3) is 0.0476. The Hall–Kier alpha value is -4.00. The molecule has 0 aliphatic heterocycles. The van der Waals surface area contributed by atoms with Crippen LogP contribution in [-0.4, -0.2) is 26.4 Å². The molecule has 2 N–H and O–H groups in total. The second-order valence-electron chi connectivity index (χ2n) is 6.09. The number of carbonyl (C=O) groups is 2. The van der Waals surface area contributed by atoms with Crippen LogP contribution < -0.4 is 10.6 Å². The number of hydrogen-bond donors (Lipinski definition) is 2. The Morgan fingerprint density at radius 2 is 1.57 bits per heavy atom. The first-order chi connectivity index (χ1) is 13.7. The Balaban J connectivity index is 1.49. The summed E-state index contributed by atoms with van der Waals surface area (Å²) in [5, 5.41) is 13.8. The summed E-state index contributed by atoms with van der Waals surface area (Å²) in [5.41, 5.74) is 2.05. The summed E-state index contributed by atoms with van der Waals surface area (Å²) in [6, 6.07) is 21.3. The maximum Gasteiger partial charge on any atom is 0.255 e. The van der Waals surface area contributed by atoms with Gasteiger partial charge in [0.2, 0.25) is 0 Å². The lowest BCUT2D eigenvalue weighted by molar-refractivity contribution is 0.0950. The molecule has 0 bridgehead atoms. The van der Waals surface area contributed by atoms with Crippen LogP contribution in [0.2, 0.25) is 0 Å². The molecule has 28 heavy (non-hydrogen) atoms. The summed E-state index contributed by atoms with van der Waals surface area (Å²) < 4.78 is 1.81. The lowest BCUT2D eigenvalue weighted by Gasteiger charge is -2.11. The average molecular weight is 371 g/mol. The molecule has 0 aliphatic rings. The first-order valence-corrected chi connectivity index (χ1v) is 8.74. The summed E-state index contributed by atoms with van der Waals surface area (Å²) in [6.45, 7) is 0.213. The molecule has 7 heteroatoms. The fourth-order valence-corrected chi connectivity index (χ4v) is 2.84. The molecule has 2 aromatic carbocycles. The van der Waals surface area contributed by atoms with E-state index in [1.165, 1.54) is 0 Å². The van der Waals surface area contributed by atoms with E-state index < -0.39 is 0 Å². The van der Waals surface area contributed by atoms with Crippen molar-refractivity contribution >= 4 is 23.1 Å². The molecule has 2 amide bonds. The van der Waals surface area contributed by atoms with Gasteiger partial charge in [0.25, 0.3) is 11.8 Å². The number of para-hydroxylation sites is 1. The van der Waals surface area contributed by atoms with Gasteiger partial charge < -0.3 is 10.6 Å². The van der Waals surface area contributed by atoms with Crippen LogP contribution in [0.3, 0.4) is 0 Å². The first kappa shape index (κ1) is 17.4. The molecule has 7 nitrogen and oxygen atoms in total. The van der Waals surface area contributed by atoms with Gasteiger partial charge in [0, 0.05) is 11.8 Å². The third-order valence-electron chi connectivity index (χ3n) is 4.25. The van der Waals surface area contributed by atoms with Crippen LogP contribution in [0.5, 0.6) is 0 Å². The summed E-state index contributed by atoms with van der Waals surface area (Å²) in [7, 11) is 0. The van der Waals surface area contributed by atoms with Crippen LogP contribution in [-0.2, 0) is 6.54 Å². The van der Waals surface area contributed by atoms with Crippen molar-refractivity contribution in [2.45, 2.75) is 6.54 Å². The molecule has 0 fully saturated rings. The van der Waals surface area contributed by atoms with E-state index in [0.29, 0.717) is 28.3 Å². The van der Waals surface area contributed by atoms with Crippen LogP contribution >= 0.6 is 0 Å². The number of nitrogens with one attached hydrogen (secondary N) is 2. The highest BCUT2D eigenvalue weighted by Crippen LogP contribution is 2.16. The number of hydrogen-bond acceptors (Lipinski definition) is 4. The van der Waals surface area contributed by atoms with E-state index >= 15 is 0 Å². The number of pyridine rings is 1. The monoisotopic (exact) mass is 371 g/mol. The Bertz CT molecular complexity index is 1140. The zero-order valence-corrected chi connectivity index (χ0v) is 14.9. The van der Waals surface area contributed by atoms with Crippen molar-refractivity contribution in [1.29, 1.82) is 0 Å². The highest BCUT2D eigenvalue weighted by Gasteiger charge is 2.15. The highest BCUT2D eigenvalue weighted by atomic mass is 16.2. The Morgan fingerprint density at radius 3 is 2.43 bits per heavy atom. The number of anilines is 1. The van der Waals surface area contributed by atoms with Gasteiger partial charge in [0.05, 0.1) is 17.8 Å². The van der Waals surface area contributed by atoms with E-state index in [-0.39, 0.29) is 18.4 Å². The number of rotatable bonds is 5. The standard InChI is InChI=1S/C21H17N5O2/c27-20(15-8-2-1-3-9-15)23-17-11-5-4-10-16(17)21(28)22-14-19-25-24-18-12-6-7-13-26(18)19/h1-13H,14H2,(H,22,28)(H,23,27). The van der Waals surface area contributed by atoms with Crippen LogP contribution in [0.15, 0.2) is 79.0 Å². The number of aromatic nitrogens is 3. The van der Waals surface area contributed by atoms with Crippen molar-refractivity contribution in [3.05, 3.63) is 95.9 Å². The third-order valence-corrected chi connectivity index (χ3v) is 4.25. The van der Waals surface area contributed by atoms with Crippen molar-refractivity contribution in [3.63, 3.8) is 0 Å². The van der Waals surface area contributed by atoms with Gasteiger partial charge in [-0.05, 0) is 36.4 Å². The molecule has 0 radical (unpaired) electrons. The SMILES string of the molecule is O=C(Nc1ccccc1C(=O)NCc1nnc2ccccn12)c1ccccc1. The molecule has 0 saturated heterocycles. The van der Waals surface area contributed by atoms with Gasteiger partial charge in [-0.2, -0.15) is 0 Å². The maximum absolute atomic E-state index is 12.7. The van der Waals surface area contributed by atoms with Crippen molar-refractivity contribution in [2.24, 2.45) is 0 Å². The summed E-state index contributed by atoms with van der Waals surface area (Å²) in [5.74, 6) is 0.0377. The topological polar surface area (TPSA) is 88.4 Å². The van der Waals surface area contributed by atoms with Crippen LogP contribution in [0.1, 0.15) is 26.5 Å².